The van der Waals surface area contributed by atoms with Crippen LogP contribution in [0.2, 0.25) is 0 Å². The molecule has 6 nitrogen and oxygen atoms in total. The molecule has 1 aromatic carbocycles. The molecule has 6 atom stereocenters. The van der Waals surface area contributed by atoms with Crippen LogP contribution in [0.1, 0.15) is 60.9 Å². The van der Waals surface area contributed by atoms with Crippen LogP contribution in [-0.4, -0.2) is 28.1 Å². The van der Waals surface area contributed by atoms with E-state index in [1.54, 1.807) is 6.20 Å². The standard InChI is InChI=1S/C26H28Br2N2O4S/c1-12-10-29-25(35-12)30-20(32)6-5-15-18(11-31)24(34)26(2)8-7-13-14(21(15)26)3-4-16-17(13)9-19(27)23(33)22(16)28/h9-11,13-15,18,21,33H,3-8H2,1-2H3,(H,29,30,32). The second kappa shape index (κ2) is 9.38. The molecule has 0 bridgehead atoms. The van der Waals surface area contributed by atoms with Gasteiger partial charge in [0.2, 0.25) is 5.91 Å². The Labute approximate surface area is 225 Å². The van der Waals surface area contributed by atoms with Crippen LogP contribution in [0, 0.1) is 36.0 Å². The number of halogens is 2. The molecule has 2 fully saturated rings. The second-order valence-corrected chi connectivity index (χ2v) is 13.3. The van der Waals surface area contributed by atoms with Gasteiger partial charge in [-0.05, 0) is 112 Å². The number of carbonyl (C=O) groups excluding carboxylic acids is 3. The van der Waals surface area contributed by atoms with Crippen molar-refractivity contribution in [1.82, 2.24) is 4.98 Å². The van der Waals surface area contributed by atoms with Crippen LogP contribution in [0.3, 0.4) is 0 Å². The number of aromatic nitrogens is 1. The summed E-state index contributed by atoms with van der Waals surface area (Å²) in [6.07, 6.45) is 6.63. The van der Waals surface area contributed by atoms with E-state index >= 15 is 0 Å². The van der Waals surface area contributed by atoms with Crippen LogP contribution in [0.25, 0.3) is 0 Å². The molecule has 9 heteroatoms. The summed E-state index contributed by atoms with van der Waals surface area (Å²) in [6.45, 7) is 3.98. The number of rotatable bonds is 5. The fourth-order valence-corrected chi connectivity index (χ4v) is 9.21. The molecule has 2 N–H and O–H groups in total. The normalized spacial score (nSPS) is 31.4. The molecule has 1 heterocycles. The number of aryl methyl sites for hydroxylation is 1. The second-order valence-electron chi connectivity index (χ2n) is 10.4. The summed E-state index contributed by atoms with van der Waals surface area (Å²) in [6, 6.07) is 2.03. The third kappa shape index (κ3) is 4.11. The minimum absolute atomic E-state index is 0.0516. The number of benzene rings is 1. The Morgan fingerprint density at radius 3 is 2.83 bits per heavy atom. The Bertz CT molecular complexity index is 1210. The number of ketones is 1. The van der Waals surface area contributed by atoms with Gasteiger partial charge < -0.3 is 15.2 Å². The minimum atomic E-state index is -0.654. The van der Waals surface area contributed by atoms with Crippen molar-refractivity contribution in [1.29, 1.82) is 0 Å². The summed E-state index contributed by atoms with van der Waals surface area (Å²) in [5.74, 6) is -0.0837. The topological polar surface area (TPSA) is 96.4 Å². The lowest BCUT2D eigenvalue weighted by Crippen LogP contribution is -2.44. The Morgan fingerprint density at radius 1 is 1.37 bits per heavy atom. The Balaban J connectivity index is 1.43. The molecule has 5 rings (SSSR count). The molecule has 1 amide bonds. The van der Waals surface area contributed by atoms with Crippen molar-refractivity contribution in [3.05, 3.63) is 37.2 Å². The number of thiazole rings is 1. The Hall–Kier alpha value is -1.58. The molecule has 186 valence electrons. The third-order valence-corrected chi connectivity index (χ3v) is 10.9. The van der Waals surface area contributed by atoms with Gasteiger partial charge in [0.25, 0.3) is 0 Å². The monoisotopic (exact) mass is 622 g/mol. The van der Waals surface area contributed by atoms with Crippen molar-refractivity contribution in [2.75, 3.05) is 5.32 Å². The largest absolute Gasteiger partial charge is 0.506 e. The smallest absolute Gasteiger partial charge is 0.226 e. The van der Waals surface area contributed by atoms with E-state index in [0.29, 0.717) is 16.0 Å². The molecule has 0 aliphatic heterocycles. The SMILES string of the molecule is Cc1cnc(NC(=O)CCC2C(C=O)C(=O)C3(C)CCC4c5cc(Br)c(O)c(Br)c5CCC4C23)s1. The predicted octanol–water partition coefficient (Wildman–Crippen LogP) is 6.18. The summed E-state index contributed by atoms with van der Waals surface area (Å²) >= 11 is 8.50. The number of aldehydes is 1. The molecular formula is C26H28Br2N2O4S. The number of nitrogens with one attached hydrogen (secondary N) is 1. The van der Waals surface area contributed by atoms with Crippen molar-refractivity contribution in [3.8, 4) is 5.75 Å². The Morgan fingerprint density at radius 2 is 2.14 bits per heavy atom. The highest BCUT2D eigenvalue weighted by atomic mass is 79.9. The summed E-state index contributed by atoms with van der Waals surface area (Å²) in [5.41, 5.74) is 1.82. The van der Waals surface area contributed by atoms with E-state index in [0.717, 1.165) is 46.9 Å². The number of fused-ring (bicyclic) bond motifs is 5. The van der Waals surface area contributed by atoms with Gasteiger partial charge in [-0.15, -0.1) is 11.3 Å². The average Bonchev–Trinajstić information content (AvgIpc) is 3.33. The molecule has 0 saturated heterocycles. The van der Waals surface area contributed by atoms with Crippen LogP contribution in [-0.2, 0) is 20.8 Å². The third-order valence-electron chi connectivity index (χ3n) is 8.65. The highest BCUT2D eigenvalue weighted by Gasteiger charge is 2.62. The number of amides is 1. The summed E-state index contributed by atoms with van der Waals surface area (Å²) in [5, 5.41) is 13.8. The molecule has 3 aliphatic rings. The summed E-state index contributed by atoms with van der Waals surface area (Å²) in [4.78, 5) is 43.6. The molecule has 0 radical (unpaired) electrons. The number of phenols is 1. The van der Waals surface area contributed by atoms with Crippen molar-refractivity contribution in [2.45, 2.75) is 58.3 Å². The van der Waals surface area contributed by atoms with E-state index in [-0.39, 0.29) is 47.5 Å². The molecule has 1 aromatic heterocycles. The predicted molar refractivity (Wildman–Crippen MR) is 142 cm³/mol. The van der Waals surface area contributed by atoms with Crippen molar-refractivity contribution < 1.29 is 19.5 Å². The van der Waals surface area contributed by atoms with E-state index in [1.165, 1.54) is 16.9 Å². The lowest BCUT2D eigenvalue weighted by atomic mass is 9.54. The average molecular weight is 624 g/mol. The zero-order valence-electron chi connectivity index (χ0n) is 19.6. The van der Waals surface area contributed by atoms with Gasteiger partial charge in [-0.25, -0.2) is 4.98 Å². The molecule has 35 heavy (non-hydrogen) atoms. The van der Waals surface area contributed by atoms with E-state index in [4.69, 9.17) is 0 Å². The minimum Gasteiger partial charge on any atom is -0.506 e. The number of Topliss-reactive ketones (excluding diaryl/α,β-unsaturated/α-hetero) is 1. The highest BCUT2D eigenvalue weighted by Crippen LogP contribution is 2.64. The number of carbonyl (C=O) groups is 3. The number of aromatic hydroxyl groups is 1. The van der Waals surface area contributed by atoms with E-state index in [2.05, 4.69) is 42.2 Å². The van der Waals surface area contributed by atoms with Gasteiger partial charge in [0.05, 0.1) is 14.9 Å². The van der Waals surface area contributed by atoms with Crippen LogP contribution >= 0.6 is 43.2 Å². The summed E-state index contributed by atoms with van der Waals surface area (Å²) in [7, 11) is 0. The quantitative estimate of drug-likeness (QED) is 0.306. The molecule has 0 spiro atoms. The van der Waals surface area contributed by atoms with Crippen molar-refractivity contribution in [2.24, 2.45) is 29.1 Å². The van der Waals surface area contributed by atoms with E-state index in [1.807, 2.05) is 19.9 Å². The first-order chi connectivity index (χ1) is 16.7. The number of hydrogen-bond acceptors (Lipinski definition) is 6. The van der Waals surface area contributed by atoms with Gasteiger partial charge in [0.1, 0.15) is 17.8 Å². The number of hydrogen-bond donors (Lipinski definition) is 2. The van der Waals surface area contributed by atoms with E-state index in [9.17, 15) is 19.5 Å². The molecule has 3 aliphatic carbocycles. The van der Waals surface area contributed by atoms with Gasteiger partial charge in [-0.3, -0.25) is 9.59 Å². The molecule has 2 aromatic rings. The van der Waals surface area contributed by atoms with Gasteiger partial charge >= 0.3 is 0 Å². The number of phenolic OH excluding ortho intramolecular Hbond substituents is 1. The first-order valence-corrected chi connectivity index (χ1v) is 14.5. The molecule has 2 saturated carbocycles. The lowest BCUT2D eigenvalue weighted by molar-refractivity contribution is -0.133. The first-order valence-electron chi connectivity index (χ1n) is 12.1. The van der Waals surface area contributed by atoms with Gasteiger partial charge in [0, 0.05) is 22.9 Å². The van der Waals surface area contributed by atoms with Crippen LogP contribution in [0.15, 0.2) is 21.2 Å². The zero-order chi connectivity index (χ0) is 25.1. The fraction of sp³-hybridized carbons (Fsp3) is 0.538. The van der Waals surface area contributed by atoms with Gasteiger partial charge in [-0.1, -0.05) is 6.92 Å². The maximum absolute atomic E-state index is 13.5. The van der Waals surface area contributed by atoms with E-state index < -0.39 is 11.3 Å². The first kappa shape index (κ1) is 25.1. The summed E-state index contributed by atoms with van der Waals surface area (Å²) < 4.78 is 1.41. The van der Waals surface area contributed by atoms with Crippen molar-refractivity contribution >= 4 is 66.3 Å². The van der Waals surface area contributed by atoms with Gasteiger partial charge in [-0.2, -0.15) is 0 Å². The maximum Gasteiger partial charge on any atom is 0.226 e. The zero-order valence-corrected chi connectivity index (χ0v) is 23.6. The van der Waals surface area contributed by atoms with Crippen LogP contribution < -0.4 is 5.32 Å². The number of nitrogens with zero attached hydrogens (tertiary/aromatic N) is 1. The molecule has 6 unspecified atom stereocenters. The van der Waals surface area contributed by atoms with Crippen molar-refractivity contribution in [3.63, 3.8) is 0 Å². The van der Waals surface area contributed by atoms with Crippen LogP contribution in [0.4, 0.5) is 5.13 Å². The van der Waals surface area contributed by atoms with Crippen LogP contribution in [0.5, 0.6) is 5.75 Å². The molecular weight excluding hydrogens is 596 g/mol. The lowest BCUT2D eigenvalue weighted by Gasteiger charge is -2.50. The number of anilines is 1. The fourth-order valence-electron chi connectivity index (χ4n) is 7.18. The van der Waals surface area contributed by atoms with Gasteiger partial charge in [0.15, 0.2) is 5.13 Å². The maximum atomic E-state index is 13.5. The highest BCUT2D eigenvalue weighted by molar-refractivity contribution is 9.11. The Kier molecular flexibility index (Phi) is 6.72.